The van der Waals surface area contributed by atoms with Crippen molar-refractivity contribution in [3.63, 3.8) is 0 Å². The molecule has 0 atom stereocenters. The molecule has 7 heteroatoms. The van der Waals surface area contributed by atoms with E-state index in [0.29, 0.717) is 5.82 Å². The van der Waals surface area contributed by atoms with Crippen LogP contribution in [0.3, 0.4) is 0 Å². The summed E-state index contributed by atoms with van der Waals surface area (Å²) in [5.41, 5.74) is 0.344. The fourth-order valence-electron chi connectivity index (χ4n) is 1.67. The molecule has 1 aromatic carbocycles. The number of carbonyl (C=O) groups excluding carboxylic acids is 1. The maximum Gasteiger partial charge on any atom is 0.356 e. The molecule has 0 bridgehead atoms. The fraction of sp³-hybridized carbons (Fsp3) is 0.231. The molecule has 0 aliphatic rings. The molecule has 2 aromatic rings. The number of rotatable bonds is 4. The van der Waals surface area contributed by atoms with Gasteiger partial charge in [0.2, 0.25) is 0 Å². The molecular weight excluding hydrogens is 273 g/mol. The number of ether oxygens (including phenoxy) is 1. The molecule has 0 radical (unpaired) electrons. The van der Waals surface area contributed by atoms with Crippen molar-refractivity contribution < 1.29 is 22.7 Å². The van der Waals surface area contributed by atoms with E-state index in [9.17, 15) is 18.0 Å². The SMILES string of the molecule is CCOC(=O)c1cnc(Cc2cc(F)c(F)c(F)c2)[nH]1. The highest BCUT2D eigenvalue weighted by Gasteiger charge is 2.13. The summed E-state index contributed by atoms with van der Waals surface area (Å²) in [6.45, 7) is 1.89. The normalized spacial score (nSPS) is 10.6. The fourth-order valence-corrected chi connectivity index (χ4v) is 1.67. The largest absolute Gasteiger partial charge is 0.461 e. The van der Waals surface area contributed by atoms with Gasteiger partial charge in [-0.15, -0.1) is 0 Å². The summed E-state index contributed by atoms with van der Waals surface area (Å²) in [6.07, 6.45) is 1.30. The van der Waals surface area contributed by atoms with Crippen LogP contribution in [0, 0.1) is 17.5 Å². The number of hydrogen-bond acceptors (Lipinski definition) is 3. The molecule has 0 amide bonds. The van der Waals surface area contributed by atoms with Crippen molar-refractivity contribution in [1.82, 2.24) is 9.97 Å². The van der Waals surface area contributed by atoms with Gasteiger partial charge in [0.15, 0.2) is 17.5 Å². The minimum absolute atomic E-state index is 0.0352. The Hall–Kier alpha value is -2.31. The Morgan fingerprint density at radius 3 is 2.55 bits per heavy atom. The number of carbonyl (C=O) groups is 1. The van der Waals surface area contributed by atoms with E-state index < -0.39 is 23.4 Å². The monoisotopic (exact) mass is 284 g/mol. The zero-order valence-electron chi connectivity index (χ0n) is 10.5. The van der Waals surface area contributed by atoms with Crippen molar-refractivity contribution in [2.75, 3.05) is 6.61 Å². The number of nitrogens with zero attached hydrogens (tertiary/aromatic N) is 1. The summed E-state index contributed by atoms with van der Waals surface area (Å²) < 4.78 is 43.7. The molecule has 106 valence electrons. The van der Waals surface area contributed by atoms with Crippen molar-refractivity contribution in [3.8, 4) is 0 Å². The van der Waals surface area contributed by atoms with E-state index >= 15 is 0 Å². The van der Waals surface area contributed by atoms with Gasteiger partial charge in [0.25, 0.3) is 0 Å². The Labute approximate surface area is 112 Å². The predicted octanol–water partition coefficient (Wildman–Crippen LogP) is 2.59. The second-order valence-electron chi connectivity index (χ2n) is 4.01. The summed E-state index contributed by atoms with van der Waals surface area (Å²) in [5, 5.41) is 0. The van der Waals surface area contributed by atoms with E-state index in [4.69, 9.17) is 4.74 Å². The van der Waals surface area contributed by atoms with Crippen molar-refractivity contribution in [3.05, 3.63) is 52.9 Å². The van der Waals surface area contributed by atoms with Crippen LogP contribution in [0.5, 0.6) is 0 Å². The average molecular weight is 284 g/mol. The topological polar surface area (TPSA) is 55.0 Å². The summed E-state index contributed by atoms with van der Waals surface area (Å²) >= 11 is 0. The van der Waals surface area contributed by atoms with Gasteiger partial charge in [-0.3, -0.25) is 0 Å². The van der Waals surface area contributed by atoms with Crippen molar-refractivity contribution in [2.45, 2.75) is 13.3 Å². The molecule has 0 saturated carbocycles. The van der Waals surface area contributed by atoms with E-state index in [0.717, 1.165) is 12.1 Å². The van der Waals surface area contributed by atoms with Crippen LogP contribution in [-0.4, -0.2) is 22.5 Å². The highest BCUT2D eigenvalue weighted by Crippen LogP contribution is 2.15. The number of halogens is 3. The lowest BCUT2D eigenvalue weighted by atomic mass is 10.1. The third kappa shape index (κ3) is 2.98. The first-order chi connectivity index (χ1) is 9.51. The lowest BCUT2D eigenvalue weighted by molar-refractivity contribution is 0.0520. The van der Waals surface area contributed by atoms with Gasteiger partial charge in [-0.05, 0) is 24.6 Å². The number of imidazole rings is 1. The van der Waals surface area contributed by atoms with Crippen molar-refractivity contribution in [2.24, 2.45) is 0 Å². The van der Waals surface area contributed by atoms with E-state index in [1.54, 1.807) is 6.92 Å². The van der Waals surface area contributed by atoms with Crippen molar-refractivity contribution in [1.29, 1.82) is 0 Å². The molecule has 1 aromatic heterocycles. The Bertz CT molecular complexity index is 617. The van der Waals surface area contributed by atoms with E-state index in [1.807, 2.05) is 0 Å². The van der Waals surface area contributed by atoms with Crippen LogP contribution in [-0.2, 0) is 11.2 Å². The van der Waals surface area contributed by atoms with Gasteiger partial charge in [0.05, 0.1) is 12.8 Å². The number of aromatic amines is 1. The highest BCUT2D eigenvalue weighted by atomic mass is 19.2. The maximum atomic E-state index is 13.1. The van der Waals surface area contributed by atoms with E-state index in [1.165, 1.54) is 6.20 Å². The molecular formula is C13H11F3N2O2. The molecule has 0 fully saturated rings. The lowest BCUT2D eigenvalue weighted by Crippen LogP contribution is -2.05. The lowest BCUT2D eigenvalue weighted by Gasteiger charge is -2.01. The molecule has 0 spiro atoms. The predicted molar refractivity (Wildman–Crippen MR) is 63.7 cm³/mol. The average Bonchev–Trinajstić information content (AvgIpc) is 2.85. The summed E-state index contributed by atoms with van der Waals surface area (Å²) in [4.78, 5) is 18.0. The molecule has 20 heavy (non-hydrogen) atoms. The molecule has 0 unspecified atom stereocenters. The molecule has 2 rings (SSSR count). The van der Waals surface area contributed by atoms with Gasteiger partial charge >= 0.3 is 5.97 Å². The first-order valence-electron chi connectivity index (χ1n) is 5.85. The standard InChI is InChI=1S/C13H11F3N2O2/c1-2-20-13(19)10-6-17-11(18-10)5-7-3-8(14)12(16)9(15)4-7/h3-4,6H,2,5H2,1H3,(H,17,18). The molecule has 0 aliphatic heterocycles. The van der Waals surface area contributed by atoms with Gasteiger partial charge in [-0.1, -0.05) is 0 Å². The van der Waals surface area contributed by atoms with E-state index in [-0.39, 0.29) is 24.3 Å². The number of hydrogen-bond donors (Lipinski definition) is 1. The molecule has 0 aliphatic carbocycles. The smallest absolute Gasteiger partial charge is 0.356 e. The Balaban J connectivity index is 2.17. The number of H-pyrrole nitrogens is 1. The number of aromatic nitrogens is 2. The van der Waals surface area contributed by atoms with Crippen LogP contribution in [0.25, 0.3) is 0 Å². The second kappa shape index (κ2) is 5.77. The first-order valence-corrected chi connectivity index (χ1v) is 5.85. The third-order valence-corrected chi connectivity index (χ3v) is 2.54. The highest BCUT2D eigenvalue weighted by molar-refractivity contribution is 5.86. The Morgan fingerprint density at radius 1 is 1.30 bits per heavy atom. The molecule has 1 heterocycles. The minimum atomic E-state index is -1.51. The molecule has 0 saturated heterocycles. The van der Waals surface area contributed by atoms with Crippen LogP contribution in [0.1, 0.15) is 28.8 Å². The number of nitrogens with one attached hydrogen (secondary N) is 1. The Morgan fingerprint density at radius 2 is 1.95 bits per heavy atom. The van der Waals surface area contributed by atoms with Crippen LogP contribution in [0.2, 0.25) is 0 Å². The van der Waals surface area contributed by atoms with Gasteiger partial charge in [-0.25, -0.2) is 22.9 Å². The van der Waals surface area contributed by atoms with Gasteiger partial charge in [0.1, 0.15) is 11.5 Å². The summed E-state index contributed by atoms with van der Waals surface area (Å²) in [5.74, 6) is -4.30. The minimum Gasteiger partial charge on any atom is -0.461 e. The van der Waals surface area contributed by atoms with Crippen LogP contribution in [0.15, 0.2) is 18.3 Å². The Kier molecular flexibility index (Phi) is 4.07. The van der Waals surface area contributed by atoms with Gasteiger partial charge in [-0.2, -0.15) is 0 Å². The molecule has 1 N–H and O–H groups in total. The van der Waals surface area contributed by atoms with Crippen LogP contribution in [0.4, 0.5) is 13.2 Å². The van der Waals surface area contributed by atoms with Gasteiger partial charge < -0.3 is 9.72 Å². The summed E-state index contributed by atoms with van der Waals surface area (Å²) in [7, 11) is 0. The summed E-state index contributed by atoms with van der Waals surface area (Å²) in [6, 6.07) is 1.76. The van der Waals surface area contributed by atoms with E-state index in [2.05, 4.69) is 9.97 Å². The number of esters is 1. The van der Waals surface area contributed by atoms with Gasteiger partial charge in [0, 0.05) is 6.42 Å². The zero-order chi connectivity index (χ0) is 14.7. The second-order valence-corrected chi connectivity index (χ2v) is 4.01. The first kappa shape index (κ1) is 14.1. The van der Waals surface area contributed by atoms with Crippen LogP contribution < -0.4 is 0 Å². The quantitative estimate of drug-likeness (QED) is 0.693. The maximum absolute atomic E-state index is 13.1. The zero-order valence-corrected chi connectivity index (χ0v) is 10.5. The third-order valence-electron chi connectivity index (χ3n) is 2.54. The molecule has 4 nitrogen and oxygen atoms in total. The van der Waals surface area contributed by atoms with Crippen LogP contribution >= 0.6 is 0 Å². The number of benzene rings is 1. The van der Waals surface area contributed by atoms with Crippen molar-refractivity contribution >= 4 is 5.97 Å².